The van der Waals surface area contributed by atoms with Crippen LogP contribution in [0.15, 0.2) is 24.3 Å². The topological polar surface area (TPSA) is 70.6 Å². The lowest BCUT2D eigenvalue weighted by Gasteiger charge is -2.19. The summed E-state index contributed by atoms with van der Waals surface area (Å²) >= 11 is 0. The van der Waals surface area contributed by atoms with E-state index in [2.05, 4.69) is 17.6 Å². The number of hydrogen-bond donors (Lipinski definition) is 3. The molecule has 1 saturated carbocycles. The Balaban J connectivity index is 1.77. The van der Waals surface area contributed by atoms with Gasteiger partial charge in [-0.3, -0.25) is 0 Å². The highest BCUT2D eigenvalue weighted by Gasteiger charge is 2.24. The van der Waals surface area contributed by atoms with Gasteiger partial charge in [-0.05, 0) is 36.5 Å². The first-order valence-electron chi connectivity index (χ1n) is 7.46. The van der Waals surface area contributed by atoms with Gasteiger partial charge in [0, 0.05) is 12.6 Å². The molecule has 0 aromatic heterocycles. The molecule has 116 valence electrons. The van der Waals surface area contributed by atoms with E-state index in [4.69, 9.17) is 4.74 Å². The Bertz CT molecular complexity index is 461. The lowest BCUT2D eigenvalue weighted by atomic mass is 10.1. The molecule has 0 radical (unpaired) electrons. The maximum absolute atomic E-state index is 11.8. The van der Waals surface area contributed by atoms with E-state index in [-0.39, 0.29) is 18.6 Å². The number of aliphatic hydroxyl groups excluding tert-OH is 1. The smallest absolute Gasteiger partial charge is 0.315 e. The van der Waals surface area contributed by atoms with E-state index in [1.54, 1.807) is 31.4 Å². The Labute approximate surface area is 125 Å². The lowest BCUT2D eigenvalue weighted by Crippen LogP contribution is -2.44. The number of rotatable bonds is 5. The lowest BCUT2D eigenvalue weighted by molar-refractivity contribution is 0.172. The van der Waals surface area contributed by atoms with Crippen LogP contribution in [0.4, 0.5) is 4.79 Å². The number of hydrogen-bond acceptors (Lipinski definition) is 3. The van der Waals surface area contributed by atoms with Gasteiger partial charge in [0.15, 0.2) is 0 Å². The average molecular weight is 292 g/mol. The van der Waals surface area contributed by atoms with E-state index >= 15 is 0 Å². The maximum atomic E-state index is 11.8. The highest BCUT2D eigenvalue weighted by molar-refractivity contribution is 5.74. The number of carbonyl (C=O) groups excluding carboxylic acids is 1. The van der Waals surface area contributed by atoms with Gasteiger partial charge in [-0.1, -0.05) is 25.5 Å². The second-order valence-electron chi connectivity index (χ2n) is 5.66. The summed E-state index contributed by atoms with van der Waals surface area (Å²) in [5.41, 5.74) is 0.755. The molecule has 0 bridgehead atoms. The van der Waals surface area contributed by atoms with Crippen LogP contribution in [-0.4, -0.2) is 30.8 Å². The van der Waals surface area contributed by atoms with Crippen LogP contribution in [0.1, 0.15) is 37.9 Å². The van der Waals surface area contributed by atoms with Crippen molar-refractivity contribution in [3.63, 3.8) is 0 Å². The third kappa shape index (κ3) is 4.36. The minimum Gasteiger partial charge on any atom is -0.497 e. The summed E-state index contributed by atoms with van der Waals surface area (Å²) in [5, 5.41) is 15.8. The first-order valence-corrected chi connectivity index (χ1v) is 7.46. The molecule has 1 aliphatic carbocycles. The molecule has 3 N–H and O–H groups in total. The fourth-order valence-corrected chi connectivity index (χ4v) is 2.71. The predicted molar refractivity (Wildman–Crippen MR) is 81.3 cm³/mol. The molecule has 0 heterocycles. The Morgan fingerprint density at radius 1 is 1.38 bits per heavy atom. The van der Waals surface area contributed by atoms with Gasteiger partial charge in [0.1, 0.15) is 5.75 Å². The molecule has 0 spiro atoms. The van der Waals surface area contributed by atoms with Crippen LogP contribution in [0.25, 0.3) is 0 Å². The van der Waals surface area contributed by atoms with Crippen molar-refractivity contribution >= 4 is 6.03 Å². The summed E-state index contributed by atoms with van der Waals surface area (Å²) in [7, 11) is 1.60. The average Bonchev–Trinajstić information content (AvgIpc) is 2.90. The van der Waals surface area contributed by atoms with E-state index in [1.807, 2.05) is 0 Å². The van der Waals surface area contributed by atoms with Crippen molar-refractivity contribution in [2.45, 2.75) is 38.3 Å². The molecule has 3 unspecified atom stereocenters. The van der Waals surface area contributed by atoms with Crippen molar-refractivity contribution in [2.75, 3.05) is 13.7 Å². The van der Waals surface area contributed by atoms with E-state index in [9.17, 15) is 9.90 Å². The SMILES string of the molecule is COc1ccc(C(O)CNC(=O)NC2CCCC2C)cc1. The van der Waals surface area contributed by atoms with Gasteiger partial charge < -0.3 is 20.5 Å². The number of urea groups is 1. The maximum Gasteiger partial charge on any atom is 0.315 e. The van der Waals surface area contributed by atoms with E-state index in [0.29, 0.717) is 5.92 Å². The number of amides is 2. The second kappa shape index (κ2) is 7.31. The van der Waals surface area contributed by atoms with Crippen molar-refractivity contribution < 1.29 is 14.6 Å². The highest BCUT2D eigenvalue weighted by atomic mass is 16.5. The van der Waals surface area contributed by atoms with Crippen LogP contribution in [-0.2, 0) is 0 Å². The van der Waals surface area contributed by atoms with E-state index in [1.165, 1.54) is 12.8 Å². The van der Waals surface area contributed by atoms with Gasteiger partial charge in [-0.15, -0.1) is 0 Å². The zero-order chi connectivity index (χ0) is 15.2. The summed E-state index contributed by atoms with van der Waals surface area (Å²) in [6.07, 6.45) is 2.65. The number of benzene rings is 1. The van der Waals surface area contributed by atoms with Crippen LogP contribution in [0.5, 0.6) is 5.75 Å². The first-order chi connectivity index (χ1) is 10.1. The Kier molecular flexibility index (Phi) is 5.44. The highest BCUT2D eigenvalue weighted by Crippen LogP contribution is 2.24. The molecule has 0 aliphatic heterocycles. The fraction of sp³-hybridized carbons (Fsp3) is 0.562. The summed E-state index contributed by atoms with van der Waals surface area (Å²) in [6, 6.07) is 7.21. The minimum atomic E-state index is -0.720. The molecule has 5 heteroatoms. The summed E-state index contributed by atoms with van der Waals surface area (Å²) in [5.74, 6) is 1.27. The standard InChI is InChI=1S/C16H24N2O3/c1-11-4-3-5-14(11)18-16(20)17-10-15(19)12-6-8-13(21-2)9-7-12/h6-9,11,14-15,19H,3-5,10H2,1-2H3,(H2,17,18,20). The van der Waals surface area contributed by atoms with Crippen LogP contribution in [0, 0.1) is 5.92 Å². The molecule has 5 nitrogen and oxygen atoms in total. The number of methoxy groups -OCH3 is 1. The Morgan fingerprint density at radius 2 is 2.10 bits per heavy atom. The number of nitrogens with one attached hydrogen (secondary N) is 2. The van der Waals surface area contributed by atoms with Gasteiger partial charge in [-0.2, -0.15) is 0 Å². The van der Waals surface area contributed by atoms with Gasteiger partial charge in [0.05, 0.1) is 13.2 Å². The molecule has 1 fully saturated rings. The van der Waals surface area contributed by atoms with Crippen LogP contribution in [0.2, 0.25) is 0 Å². The molecule has 21 heavy (non-hydrogen) atoms. The Hall–Kier alpha value is -1.75. The molecule has 2 rings (SSSR count). The minimum absolute atomic E-state index is 0.194. The molecular formula is C16H24N2O3. The van der Waals surface area contributed by atoms with Gasteiger partial charge in [-0.25, -0.2) is 4.79 Å². The second-order valence-corrected chi connectivity index (χ2v) is 5.66. The molecule has 1 aromatic rings. The summed E-state index contributed by atoms with van der Waals surface area (Å²) in [6.45, 7) is 2.35. The third-order valence-electron chi connectivity index (χ3n) is 4.13. The number of ether oxygens (including phenoxy) is 1. The van der Waals surface area contributed by atoms with Crippen LogP contribution >= 0.6 is 0 Å². The third-order valence-corrected chi connectivity index (χ3v) is 4.13. The first kappa shape index (κ1) is 15.6. The zero-order valence-electron chi connectivity index (χ0n) is 12.6. The summed E-state index contributed by atoms with van der Waals surface area (Å²) in [4.78, 5) is 11.8. The molecule has 2 amide bonds. The fourth-order valence-electron chi connectivity index (χ4n) is 2.71. The van der Waals surface area contributed by atoms with Crippen molar-refractivity contribution in [3.8, 4) is 5.75 Å². The Morgan fingerprint density at radius 3 is 2.67 bits per heavy atom. The molecule has 1 aromatic carbocycles. The van der Waals surface area contributed by atoms with Crippen LogP contribution in [0.3, 0.4) is 0 Å². The van der Waals surface area contributed by atoms with E-state index < -0.39 is 6.10 Å². The number of carbonyl (C=O) groups is 1. The van der Waals surface area contributed by atoms with E-state index in [0.717, 1.165) is 17.7 Å². The van der Waals surface area contributed by atoms with Crippen molar-refractivity contribution in [1.82, 2.24) is 10.6 Å². The molecule has 0 saturated heterocycles. The predicted octanol–water partition coefficient (Wildman–Crippen LogP) is 2.22. The largest absolute Gasteiger partial charge is 0.497 e. The van der Waals surface area contributed by atoms with Crippen molar-refractivity contribution in [2.24, 2.45) is 5.92 Å². The van der Waals surface area contributed by atoms with Gasteiger partial charge >= 0.3 is 6.03 Å². The van der Waals surface area contributed by atoms with Crippen LogP contribution < -0.4 is 15.4 Å². The van der Waals surface area contributed by atoms with Gasteiger partial charge in [0.25, 0.3) is 0 Å². The summed E-state index contributed by atoms with van der Waals surface area (Å²) < 4.78 is 5.07. The monoisotopic (exact) mass is 292 g/mol. The van der Waals surface area contributed by atoms with Crippen molar-refractivity contribution in [1.29, 1.82) is 0 Å². The van der Waals surface area contributed by atoms with Crippen molar-refractivity contribution in [3.05, 3.63) is 29.8 Å². The normalized spacial score (nSPS) is 22.6. The quantitative estimate of drug-likeness (QED) is 0.779. The zero-order valence-corrected chi connectivity index (χ0v) is 12.6. The molecular weight excluding hydrogens is 268 g/mol. The number of aliphatic hydroxyl groups is 1. The van der Waals surface area contributed by atoms with Gasteiger partial charge in [0.2, 0.25) is 0 Å². The molecule has 1 aliphatic rings. The molecule has 3 atom stereocenters.